The molecule has 1 heterocycles. The van der Waals surface area contributed by atoms with Gasteiger partial charge in [-0.3, -0.25) is 9.89 Å². The second kappa shape index (κ2) is 4.61. The largest absolute Gasteiger partial charge is 0.351 e. The Bertz CT molecular complexity index is 257. The lowest BCUT2D eigenvalue weighted by atomic mass is 10.2. The van der Waals surface area contributed by atoms with Crippen molar-refractivity contribution in [1.82, 2.24) is 15.5 Å². The average molecular weight is 182 g/mol. The van der Waals surface area contributed by atoms with E-state index in [-0.39, 0.29) is 5.91 Å². The molecule has 0 aliphatic rings. The Balaban J connectivity index is 2.31. The fourth-order valence-corrected chi connectivity index (χ4v) is 0.880. The SMILES string of the molecule is CC[C@H](N)C(=O)NCc1cn[nH]c1. The molecule has 0 unspecified atom stereocenters. The molecule has 0 aliphatic heterocycles. The van der Waals surface area contributed by atoms with Gasteiger partial charge in [0.1, 0.15) is 0 Å². The number of amides is 1. The van der Waals surface area contributed by atoms with Gasteiger partial charge in [0.15, 0.2) is 0 Å². The van der Waals surface area contributed by atoms with Crippen LogP contribution in [0.4, 0.5) is 0 Å². The van der Waals surface area contributed by atoms with Gasteiger partial charge < -0.3 is 11.1 Å². The molecule has 0 bridgehead atoms. The Kier molecular flexibility index (Phi) is 3.45. The van der Waals surface area contributed by atoms with E-state index in [1.807, 2.05) is 6.92 Å². The first-order chi connectivity index (χ1) is 6.24. The van der Waals surface area contributed by atoms with Crippen LogP contribution in [0.2, 0.25) is 0 Å². The van der Waals surface area contributed by atoms with Crippen molar-refractivity contribution in [3.8, 4) is 0 Å². The van der Waals surface area contributed by atoms with Crippen LogP contribution in [0.3, 0.4) is 0 Å². The van der Waals surface area contributed by atoms with Crippen molar-refractivity contribution >= 4 is 5.91 Å². The molecule has 0 fully saturated rings. The Labute approximate surface area is 76.7 Å². The van der Waals surface area contributed by atoms with Crippen LogP contribution in [-0.4, -0.2) is 22.1 Å². The minimum absolute atomic E-state index is 0.122. The third-order valence-electron chi connectivity index (χ3n) is 1.80. The van der Waals surface area contributed by atoms with Crippen LogP contribution in [0.15, 0.2) is 12.4 Å². The Hall–Kier alpha value is -1.36. The number of nitrogens with two attached hydrogens (primary N) is 1. The molecule has 1 atom stereocenters. The maximum Gasteiger partial charge on any atom is 0.237 e. The summed E-state index contributed by atoms with van der Waals surface area (Å²) < 4.78 is 0. The number of nitrogens with zero attached hydrogens (tertiary/aromatic N) is 1. The molecule has 13 heavy (non-hydrogen) atoms. The summed E-state index contributed by atoms with van der Waals surface area (Å²) in [6.45, 7) is 2.35. The predicted molar refractivity (Wildman–Crippen MR) is 48.7 cm³/mol. The zero-order chi connectivity index (χ0) is 9.68. The zero-order valence-electron chi connectivity index (χ0n) is 7.58. The van der Waals surface area contributed by atoms with Crippen LogP contribution in [0, 0.1) is 0 Å². The number of aromatic amines is 1. The fourth-order valence-electron chi connectivity index (χ4n) is 0.880. The summed E-state index contributed by atoms with van der Waals surface area (Å²) in [4.78, 5) is 11.2. The second-order valence-electron chi connectivity index (χ2n) is 2.84. The van der Waals surface area contributed by atoms with Crippen LogP contribution in [-0.2, 0) is 11.3 Å². The van der Waals surface area contributed by atoms with Crippen molar-refractivity contribution in [3.63, 3.8) is 0 Å². The first kappa shape index (κ1) is 9.73. The van der Waals surface area contributed by atoms with Gasteiger partial charge >= 0.3 is 0 Å². The quantitative estimate of drug-likeness (QED) is 0.601. The molecule has 0 saturated heterocycles. The van der Waals surface area contributed by atoms with Gasteiger partial charge in [-0.25, -0.2) is 0 Å². The van der Waals surface area contributed by atoms with Crippen LogP contribution in [0.25, 0.3) is 0 Å². The highest BCUT2D eigenvalue weighted by Gasteiger charge is 2.09. The number of rotatable bonds is 4. The highest BCUT2D eigenvalue weighted by molar-refractivity contribution is 5.81. The summed E-state index contributed by atoms with van der Waals surface area (Å²) in [5.74, 6) is -0.122. The van der Waals surface area contributed by atoms with E-state index in [2.05, 4.69) is 15.5 Å². The summed E-state index contributed by atoms with van der Waals surface area (Å²) in [5.41, 5.74) is 6.46. The topological polar surface area (TPSA) is 83.8 Å². The monoisotopic (exact) mass is 182 g/mol. The van der Waals surface area contributed by atoms with Gasteiger partial charge in [0, 0.05) is 18.3 Å². The van der Waals surface area contributed by atoms with Crippen molar-refractivity contribution < 1.29 is 4.79 Å². The Morgan fingerprint density at radius 3 is 3.15 bits per heavy atom. The molecule has 0 radical (unpaired) electrons. The summed E-state index contributed by atoms with van der Waals surface area (Å²) >= 11 is 0. The lowest BCUT2D eigenvalue weighted by Gasteiger charge is -2.08. The third kappa shape index (κ3) is 2.87. The van der Waals surface area contributed by atoms with E-state index >= 15 is 0 Å². The second-order valence-corrected chi connectivity index (χ2v) is 2.84. The van der Waals surface area contributed by atoms with Gasteiger partial charge in [-0.2, -0.15) is 5.10 Å². The molecule has 1 rings (SSSR count). The molecular weight excluding hydrogens is 168 g/mol. The Morgan fingerprint density at radius 2 is 2.62 bits per heavy atom. The maximum atomic E-state index is 11.2. The smallest absolute Gasteiger partial charge is 0.237 e. The number of nitrogens with one attached hydrogen (secondary N) is 2. The van der Waals surface area contributed by atoms with Crippen LogP contribution >= 0.6 is 0 Å². The molecule has 0 spiro atoms. The normalized spacial score (nSPS) is 12.5. The first-order valence-electron chi connectivity index (χ1n) is 4.25. The molecule has 1 amide bonds. The molecule has 5 heteroatoms. The van der Waals surface area contributed by atoms with Crippen molar-refractivity contribution in [2.24, 2.45) is 5.73 Å². The average Bonchev–Trinajstić information content (AvgIpc) is 2.65. The number of carbonyl (C=O) groups is 1. The van der Waals surface area contributed by atoms with E-state index in [9.17, 15) is 4.79 Å². The third-order valence-corrected chi connectivity index (χ3v) is 1.80. The molecule has 0 aromatic carbocycles. The summed E-state index contributed by atoms with van der Waals surface area (Å²) in [6, 6.07) is -0.410. The standard InChI is InChI=1S/C8H14N4O/c1-2-7(9)8(13)10-3-6-4-11-12-5-6/h4-5,7H,2-3,9H2,1H3,(H,10,13)(H,11,12)/t7-/m0/s1. The minimum Gasteiger partial charge on any atom is -0.351 e. The molecule has 72 valence electrons. The number of hydrogen-bond donors (Lipinski definition) is 3. The number of hydrogen-bond acceptors (Lipinski definition) is 3. The van der Waals surface area contributed by atoms with Gasteiger partial charge in [-0.15, -0.1) is 0 Å². The molecule has 4 N–H and O–H groups in total. The van der Waals surface area contributed by atoms with Gasteiger partial charge in [0.25, 0.3) is 0 Å². The van der Waals surface area contributed by atoms with E-state index in [1.54, 1.807) is 12.4 Å². The Morgan fingerprint density at radius 1 is 1.85 bits per heavy atom. The van der Waals surface area contributed by atoms with E-state index in [0.29, 0.717) is 13.0 Å². The van der Waals surface area contributed by atoms with E-state index < -0.39 is 6.04 Å². The maximum absolute atomic E-state index is 11.2. The number of aromatic nitrogens is 2. The van der Waals surface area contributed by atoms with Gasteiger partial charge in [-0.05, 0) is 6.42 Å². The molecular formula is C8H14N4O. The van der Waals surface area contributed by atoms with Gasteiger partial charge in [0.05, 0.1) is 12.2 Å². The highest BCUT2D eigenvalue weighted by Crippen LogP contribution is 1.93. The van der Waals surface area contributed by atoms with Crippen LogP contribution in [0.5, 0.6) is 0 Å². The van der Waals surface area contributed by atoms with Gasteiger partial charge in [-0.1, -0.05) is 6.92 Å². The molecule has 0 aliphatic carbocycles. The van der Waals surface area contributed by atoms with Crippen LogP contribution in [0.1, 0.15) is 18.9 Å². The predicted octanol–water partition coefficient (Wildman–Crippen LogP) is -0.237. The molecule has 5 nitrogen and oxygen atoms in total. The molecule has 0 saturated carbocycles. The molecule has 1 aromatic heterocycles. The number of carbonyl (C=O) groups excluding carboxylic acids is 1. The van der Waals surface area contributed by atoms with E-state index in [4.69, 9.17) is 5.73 Å². The van der Waals surface area contributed by atoms with Crippen LogP contribution < -0.4 is 11.1 Å². The van der Waals surface area contributed by atoms with Crippen molar-refractivity contribution in [2.75, 3.05) is 0 Å². The lowest BCUT2D eigenvalue weighted by molar-refractivity contribution is -0.122. The van der Waals surface area contributed by atoms with Crippen molar-refractivity contribution in [3.05, 3.63) is 18.0 Å². The van der Waals surface area contributed by atoms with E-state index in [0.717, 1.165) is 5.56 Å². The molecule has 1 aromatic rings. The highest BCUT2D eigenvalue weighted by atomic mass is 16.2. The minimum atomic E-state index is -0.410. The summed E-state index contributed by atoms with van der Waals surface area (Å²) in [5, 5.41) is 9.13. The van der Waals surface area contributed by atoms with Gasteiger partial charge in [0.2, 0.25) is 5.91 Å². The van der Waals surface area contributed by atoms with Crippen molar-refractivity contribution in [2.45, 2.75) is 25.9 Å². The zero-order valence-corrected chi connectivity index (χ0v) is 7.58. The first-order valence-corrected chi connectivity index (χ1v) is 4.25. The lowest BCUT2D eigenvalue weighted by Crippen LogP contribution is -2.39. The van der Waals surface area contributed by atoms with E-state index in [1.165, 1.54) is 0 Å². The fraction of sp³-hybridized carbons (Fsp3) is 0.500. The number of H-pyrrole nitrogens is 1. The summed E-state index contributed by atoms with van der Waals surface area (Å²) in [6.07, 6.45) is 4.05. The summed E-state index contributed by atoms with van der Waals surface area (Å²) in [7, 11) is 0. The van der Waals surface area contributed by atoms with Crippen molar-refractivity contribution in [1.29, 1.82) is 0 Å².